The molecule has 0 spiro atoms. The predicted octanol–water partition coefficient (Wildman–Crippen LogP) is 1.42. The maximum absolute atomic E-state index is 12.3. The van der Waals surface area contributed by atoms with Crippen LogP contribution in [-0.4, -0.2) is 31.9 Å². The molecule has 2 aromatic heterocycles. The average Bonchev–Trinajstić information content (AvgIpc) is 3.04. The molecule has 1 aliphatic heterocycles. The van der Waals surface area contributed by atoms with Crippen LogP contribution < -0.4 is 10.1 Å². The van der Waals surface area contributed by atoms with Gasteiger partial charge >= 0.3 is 6.61 Å². The zero-order chi connectivity index (χ0) is 15.7. The van der Waals surface area contributed by atoms with Crippen molar-refractivity contribution in [3.8, 4) is 5.88 Å². The number of nitrogens with zero attached hydrogens (tertiary/aromatic N) is 4. The lowest BCUT2D eigenvalue weighted by Crippen LogP contribution is -2.30. The molecule has 0 bridgehead atoms. The highest BCUT2D eigenvalue weighted by Gasteiger charge is 2.25. The van der Waals surface area contributed by atoms with Crippen LogP contribution in [0.1, 0.15) is 12.1 Å². The fourth-order valence-corrected chi connectivity index (χ4v) is 2.53. The Labute approximate surface area is 124 Å². The summed E-state index contributed by atoms with van der Waals surface area (Å²) < 4.78 is 31.8. The van der Waals surface area contributed by atoms with Crippen molar-refractivity contribution in [3.63, 3.8) is 0 Å². The highest BCUT2D eigenvalue weighted by atomic mass is 19.3. The SMILES string of the molecule is Cn1nc(NC(=O)C2CCc3cncn3C2)cc1OC(F)F. The van der Waals surface area contributed by atoms with Crippen LogP contribution >= 0.6 is 0 Å². The van der Waals surface area contributed by atoms with Crippen LogP contribution in [0.4, 0.5) is 14.6 Å². The second kappa shape index (κ2) is 5.74. The first-order valence-electron chi connectivity index (χ1n) is 6.81. The molecule has 7 nitrogen and oxygen atoms in total. The van der Waals surface area contributed by atoms with E-state index in [0.29, 0.717) is 13.0 Å². The number of ether oxygens (including phenoxy) is 1. The van der Waals surface area contributed by atoms with Gasteiger partial charge in [-0.1, -0.05) is 0 Å². The van der Waals surface area contributed by atoms with Gasteiger partial charge in [0.2, 0.25) is 11.8 Å². The molecule has 3 rings (SSSR count). The Hall–Kier alpha value is -2.45. The molecule has 1 atom stereocenters. The Morgan fingerprint density at radius 3 is 3.14 bits per heavy atom. The van der Waals surface area contributed by atoms with E-state index in [0.717, 1.165) is 16.8 Å². The summed E-state index contributed by atoms with van der Waals surface area (Å²) in [5.41, 5.74) is 1.11. The summed E-state index contributed by atoms with van der Waals surface area (Å²) in [7, 11) is 1.46. The molecule has 22 heavy (non-hydrogen) atoms. The maximum Gasteiger partial charge on any atom is 0.388 e. The van der Waals surface area contributed by atoms with Crippen molar-refractivity contribution < 1.29 is 18.3 Å². The van der Waals surface area contributed by atoms with Gasteiger partial charge in [-0.3, -0.25) is 4.79 Å². The number of amides is 1. The third-order valence-corrected chi connectivity index (χ3v) is 3.63. The van der Waals surface area contributed by atoms with Gasteiger partial charge < -0.3 is 14.6 Å². The highest BCUT2D eigenvalue weighted by molar-refractivity contribution is 5.91. The zero-order valence-corrected chi connectivity index (χ0v) is 11.9. The minimum Gasteiger partial charge on any atom is -0.417 e. The van der Waals surface area contributed by atoms with E-state index in [2.05, 4.69) is 20.1 Å². The van der Waals surface area contributed by atoms with Crippen LogP contribution in [0, 0.1) is 5.92 Å². The van der Waals surface area contributed by atoms with E-state index in [1.807, 2.05) is 4.57 Å². The lowest BCUT2D eigenvalue weighted by molar-refractivity contribution is -0.120. The molecule has 118 valence electrons. The first-order valence-corrected chi connectivity index (χ1v) is 6.81. The molecular weight excluding hydrogens is 296 g/mol. The number of carbonyl (C=O) groups is 1. The van der Waals surface area contributed by atoms with Crippen molar-refractivity contribution in [1.82, 2.24) is 19.3 Å². The highest BCUT2D eigenvalue weighted by Crippen LogP contribution is 2.22. The van der Waals surface area contributed by atoms with Crippen LogP contribution in [0.2, 0.25) is 0 Å². The standard InChI is InChI=1S/C13H15F2N5O2/c1-19-11(22-13(14)15)4-10(18-19)17-12(21)8-2-3-9-5-16-7-20(9)6-8/h4-5,7-8,13H,2-3,6H2,1H3,(H,17,18,21). The number of imidazole rings is 1. The summed E-state index contributed by atoms with van der Waals surface area (Å²) >= 11 is 0. The summed E-state index contributed by atoms with van der Waals surface area (Å²) in [6.45, 7) is -2.38. The van der Waals surface area contributed by atoms with Crippen molar-refractivity contribution in [3.05, 3.63) is 24.3 Å². The predicted molar refractivity (Wildman–Crippen MR) is 72.5 cm³/mol. The molecule has 0 aliphatic carbocycles. The quantitative estimate of drug-likeness (QED) is 0.927. The number of halogens is 2. The molecule has 1 amide bonds. The van der Waals surface area contributed by atoms with Crippen molar-refractivity contribution in [2.45, 2.75) is 26.0 Å². The third-order valence-electron chi connectivity index (χ3n) is 3.63. The molecule has 0 fully saturated rings. The minimum absolute atomic E-state index is 0.106. The summed E-state index contributed by atoms with van der Waals surface area (Å²) in [5.74, 6) is -0.311. The molecule has 1 unspecified atom stereocenters. The van der Waals surface area contributed by atoms with Crippen molar-refractivity contribution in [2.24, 2.45) is 13.0 Å². The minimum atomic E-state index is -2.93. The van der Waals surface area contributed by atoms with Crippen LogP contribution in [0.5, 0.6) is 5.88 Å². The van der Waals surface area contributed by atoms with Gasteiger partial charge in [0.15, 0.2) is 5.82 Å². The van der Waals surface area contributed by atoms with Crippen LogP contribution in [0.25, 0.3) is 0 Å². The number of hydrogen-bond acceptors (Lipinski definition) is 4. The van der Waals surface area contributed by atoms with Crippen LogP contribution in [0.3, 0.4) is 0 Å². The summed E-state index contributed by atoms with van der Waals surface area (Å²) in [4.78, 5) is 16.3. The monoisotopic (exact) mass is 311 g/mol. The van der Waals surface area contributed by atoms with Gasteiger partial charge in [0.05, 0.1) is 12.2 Å². The number of nitrogens with one attached hydrogen (secondary N) is 1. The normalized spacial score (nSPS) is 17.4. The molecule has 9 heteroatoms. The second-order valence-corrected chi connectivity index (χ2v) is 5.13. The molecule has 1 N–H and O–H groups in total. The molecular formula is C13H15F2N5O2. The van der Waals surface area contributed by atoms with Gasteiger partial charge in [0.1, 0.15) is 0 Å². The number of aromatic nitrogens is 4. The molecule has 1 aliphatic rings. The molecule has 0 saturated heterocycles. The number of rotatable bonds is 4. The second-order valence-electron chi connectivity index (χ2n) is 5.13. The Morgan fingerprint density at radius 1 is 1.55 bits per heavy atom. The fourth-order valence-electron chi connectivity index (χ4n) is 2.53. The van der Waals surface area contributed by atoms with Crippen molar-refractivity contribution in [2.75, 3.05) is 5.32 Å². The van der Waals surface area contributed by atoms with Gasteiger partial charge in [-0.05, 0) is 12.8 Å². The number of aryl methyl sites for hydroxylation is 2. The van der Waals surface area contributed by atoms with Gasteiger partial charge in [-0.15, -0.1) is 0 Å². The van der Waals surface area contributed by atoms with Crippen LogP contribution in [0.15, 0.2) is 18.6 Å². The molecule has 3 heterocycles. The van der Waals surface area contributed by atoms with Crippen molar-refractivity contribution >= 4 is 11.7 Å². The van der Waals surface area contributed by atoms with Crippen LogP contribution in [-0.2, 0) is 24.8 Å². The smallest absolute Gasteiger partial charge is 0.388 e. The third kappa shape index (κ3) is 2.92. The number of anilines is 1. The first kappa shape index (κ1) is 14.5. The van der Waals surface area contributed by atoms with E-state index >= 15 is 0 Å². The lowest BCUT2D eigenvalue weighted by Gasteiger charge is -2.22. The average molecular weight is 311 g/mol. The maximum atomic E-state index is 12.3. The number of carbonyl (C=O) groups excluding carboxylic acids is 1. The number of fused-ring (bicyclic) bond motifs is 1. The van der Waals surface area contributed by atoms with Gasteiger partial charge in [0, 0.05) is 31.5 Å². The van der Waals surface area contributed by atoms with E-state index in [4.69, 9.17) is 0 Å². The first-order chi connectivity index (χ1) is 10.5. The van der Waals surface area contributed by atoms with E-state index in [1.54, 1.807) is 12.5 Å². The molecule has 0 aromatic carbocycles. The summed E-state index contributed by atoms with van der Waals surface area (Å²) in [5, 5.41) is 6.58. The van der Waals surface area contributed by atoms with Gasteiger partial charge in [-0.2, -0.15) is 13.9 Å². The Morgan fingerprint density at radius 2 is 2.36 bits per heavy atom. The summed E-state index contributed by atoms with van der Waals surface area (Å²) in [6, 6.07) is 1.27. The Bertz CT molecular complexity index is 682. The topological polar surface area (TPSA) is 74.0 Å². The summed E-state index contributed by atoms with van der Waals surface area (Å²) in [6.07, 6.45) is 4.98. The van der Waals surface area contributed by atoms with E-state index < -0.39 is 6.61 Å². The van der Waals surface area contributed by atoms with E-state index in [-0.39, 0.29) is 23.5 Å². The Balaban J connectivity index is 1.65. The number of hydrogen-bond donors (Lipinski definition) is 1. The van der Waals surface area contributed by atoms with E-state index in [9.17, 15) is 13.6 Å². The molecule has 2 aromatic rings. The van der Waals surface area contributed by atoms with Gasteiger partial charge in [-0.25, -0.2) is 9.67 Å². The fraction of sp³-hybridized carbons (Fsp3) is 0.462. The molecule has 0 saturated carbocycles. The Kier molecular flexibility index (Phi) is 3.78. The zero-order valence-electron chi connectivity index (χ0n) is 11.9. The van der Waals surface area contributed by atoms with Crippen molar-refractivity contribution in [1.29, 1.82) is 0 Å². The largest absolute Gasteiger partial charge is 0.417 e. The molecule has 0 radical (unpaired) electrons. The lowest BCUT2D eigenvalue weighted by atomic mass is 9.97. The van der Waals surface area contributed by atoms with Gasteiger partial charge in [0.25, 0.3) is 0 Å². The number of alkyl halides is 2. The van der Waals surface area contributed by atoms with E-state index in [1.165, 1.54) is 13.1 Å².